The lowest BCUT2D eigenvalue weighted by molar-refractivity contribution is 0.0286. The van der Waals surface area contributed by atoms with Gasteiger partial charge >= 0.3 is 5.97 Å². The van der Waals surface area contributed by atoms with Gasteiger partial charge in [-0.25, -0.2) is 4.79 Å². The number of aliphatic hydroxyl groups excluding tert-OH is 1. The number of hydrogen-bond donors (Lipinski definition) is 1. The summed E-state index contributed by atoms with van der Waals surface area (Å²) in [5.74, 6) is -0.360. The molecule has 1 aliphatic rings. The summed E-state index contributed by atoms with van der Waals surface area (Å²) in [7, 11) is 0. The van der Waals surface area contributed by atoms with Crippen LogP contribution in [0.15, 0.2) is 60.7 Å². The first-order valence-electron chi connectivity index (χ1n) is 9.18. The molecule has 3 aromatic carbocycles. The fourth-order valence-corrected chi connectivity index (χ4v) is 4.28. The first-order valence-corrected chi connectivity index (χ1v) is 9.55. The number of aliphatic hydroxyl groups is 1. The Hall–Kier alpha value is -2.36. The maximum absolute atomic E-state index is 12.8. The van der Waals surface area contributed by atoms with Crippen molar-refractivity contribution in [3.63, 3.8) is 0 Å². The molecule has 0 spiro atoms. The van der Waals surface area contributed by atoms with Gasteiger partial charge in [0.2, 0.25) is 0 Å². The Morgan fingerprint density at radius 1 is 1.11 bits per heavy atom. The standard InChI is InChI=1S/C23H21ClO3/c24-18-10-11-21-17(13-18)7-4-12-23(21,14-25)15-27-22(26)20-9-3-6-16-5-1-2-8-19(16)20/h1-3,5-6,8-11,13,25H,4,7,12,14-15H2/t23-/m1/s1. The predicted molar refractivity (Wildman–Crippen MR) is 107 cm³/mol. The van der Waals surface area contributed by atoms with Crippen LogP contribution in [-0.2, 0) is 16.6 Å². The molecule has 0 heterocycles. The summed E-state index contributed by atoms with van der Waals surface area (Å²) in [6.07, 6.45) is 2.63. The molecule has 4 heteroatoms. The van der Waals surface area contributed by atoms with Gasteiger partial charge in [-0.15, -0.1) is 0 Å². The Kier molecular flexibility index (Phi) is 4.90. The zero-order chi connectivity index (χ0) is 18.9. The Balaban J connectivity index is 1.61. The normalized spacial score (nSPS) is 18.9. The SMILES string of the molecule is O=C(OC[C@]1(CO)CCCc2cc(Cl)ccc21)c1cccc2ccccc12. The minimum atomic E-state index is -0.571. The Bertz CT molecular complexity index is 993. The van der Waals surface area contributed by atoms with Crippen LogP contribution in [0.3, 0.4) is 0 Å². The zero-order valence-corrected chi connectivity index (χ0v) is 15.7. The lowest BCUT2D eigenvalue weighted by atomic mass is 9.71. The van der Waals surface area contributed by atoms with E-state index in [1.165, 1.54) is 0 Å². The molecule has 0 fully saturated rings. The van der Waals surface area contributed by atoms with E-state index >= 15 is 0 Å². The number of hydrogen-bond acceptors (Lipinski definition) is 3. The van der Waals surface area contributed by atoms with E-state index in [1.54, 1.807) is 6.07 Å². The highest BCUT2D eigenvalue weighted by molar-refractivity contribution is 6.30. The molecule has 0 aromatic heterocycles. The molecule has 1 atom stereocenters. The quantitative estimate of drug-likeness (QED) is 0.654. The third-order valence-corrected chi connectivity index (χ3v) is 5.77. The topological polar surface area (TPSA) is 46.5 Å². The highest BCUT2D eigenvalue weighted by atomic mass is 35.5. The van der Waals surface area contributed by atoms with Gasteiger partial charge in [0.05, 0.1) is 17.6 Å². The van der Waals surface area contributed by atoms with E-state index in [0.717, 1.165) is 41.2 Å². The van der Waals surface area contributed by atoms with Gasteiger partial charge in [0.15, 0.2) is 0 Å². The molecule has 3 nitrogen and oxygen atoms in total. The fraction of sp³-hybridized carbons (Fsp3) is 0.261. The summed E-state index contributed by atoms with van der Waals surface area (Å²) < 4.78 is 5.73. The van der Waals surface area contributed by atoms with Gasteiger partial charge in [-0.1, -0.05) is 54.1 Å². The average molecular weight is 381 g/mol. The molecule has 0 aliphatic heterocycles. The predicted octanol–water partition coefficient (Wildman–Crippen LogP) is 4.92. The summed E-state index contributed by atoms with van der Waals surface area (Å²) in [6.45, 7) is 0.0879. The van der Waals surface area contributed by atoms with E-state index in [0.29, 0.717) is 10.6 Å². The van der Waals surface area contributed by atoms with Gasteiger partial charge in [0.1, 0.15) is 6.61 Å². The van der Waals surface area contributed by atoms with Gasteiger partial charge in [-0.05, 0) is 59.4 Å². The van der Waals surface area contributed by atoms with Crippen molar-refractivity contribution in [2.45, 2.75) is 24.7 Å². The van der Waals surface area contributed by atoms with Crippen molar-refractivity contribution >= 4 is 28.3 Å². The monoisotopic (exact) mass is 380 g/mol. The molecular formula is C23H21ClO3. The molecule has 0 amide bonds. The number of benzene rings is 3. The molecule has 0 unspecified atom stereocenters. The molecule has 1 N–H and O–H groups in total. The van der Waals surface area contributed by atoms with E-state index < -0.39 is 5.41 Å². The number of halogens is 1. The largest absolute Gasteiger partial charge is 0.461 e. The molecule has 138 valence electrons. The molecule has 27 heavy (non-hydrogen) atoms. The third kappa shape index (κ3) is 3.33. The van der Waals surface area contributed by atoms with E-state index in [1.807, 2.05) is 54.6 Å². The lowest BCUT2D eigenvalue weighted by Gasteiger charge is -2.37. The second kappa shape index (κ2) is 7.34. The van der Waals surface area contributed by atoms with Crippen LogP contribution in [0, 0.1) is 0 Å². The fourth-order valence-electron chi connectivity index (χ4n) is 4.08. The van der Waals surface area contributed by atoms with Crippen molar-refractivity contribution in [2.24, 2.45) is 0 Å². The highest BCUT2D eigenvalue weighted by Gasteiger charge is 2.37. The van der Waals surface area contributed by atoms with Crippen molar-refractivity contribution in [1.82, 2.24) is 0 Å². The number of rotatable bonds is 4. The van der Waals surface area contributed by atoms with Crippen LogP contribution in [-0.4, -0.2) is 24.3 Å². The molecule has 4 rings (SSSR count). The maximum atomic E-state index is 12.8. The van der Waals surface area contributed by atoms with E-state index in [9.17, 15) is 9.90 Å². The zero-order valence-electron chi connectivity index (χ0n) is 15.0. The van der Waals surface area contributed by atoms with Crippen LogP contribution in [0.25, 0.3) is 10.8 Å². The summed E-state index contributed by atoms with van der Waals surface area (Å²) in [5.41, 5.74) is 2.14. The van der Waals surface area contributed by atoms with Crippen molar-refractivity contribution in [2.75, 3.05) is 13.2 Å². The second-order valence-electron chi connectivity index (χ2n) is 7.20. The smallest absolute Gasteiger partial charge is 0.338 e. The number of ether oxygens (including phenoxy) is 1. The highest BCUT2D eigenvalue weighted by Crippen LogP contribution is 2.39. The van der Waals surface area contributed by atoms with Crippen LogP contribution in [0.4, 0.5) is 0 Å². The molecule has 0 saturated heterocycles. The first kappa shape index (κ1) is 18.0. The molecule has 0 radical (unpaired) electrons. The van der Waals surface area contributed by atoms with Gasteiger partial charge in [0.25, 0.3) is 0 Å². The van der Waals surface area contributed by atoms with Gasteiger partial charge in [-0.3, -0.25) is 0 Å². The van der Waals surface area contributed by atoms with E-state index in [-0.39, 0.29) is 19.2 Å². The van der Waals surface area contributed by atoms with Crippen LogP contribution in [0.1, 0.15) is 34.3 Å². The van der Waals surface area contributed by atoms with Crippen LogP contribution in [0.5, 0.6) is 0 Å². The minimum absolute atomic E-state index is 0.0650. The van der Waals surface area contributed by atoms with Crippen LogP contribution < -0.4 is 0 Å². The van der Waals surface area contributed by atoms with Crippen LogP contribution >= 0.6 is 11.6 Å². The third-order valence-electron chi connectivity index (χ3n) is 5.53. The Labute approximate surface area is 163 Å². The summed E-state index contributed by atoms with van der Waals surface area (Å²) >= 11 is 6.13. The number of carbonyl (C=O) groups is 1. The molecule has 3 aromatic rings. The van der Waals surface area contributed by atoms with Crippen molar-refractivity contribution in [1.29, 1.82) is 0 Å². The molecule has 0 saturated carbocycles. The van der Waals surface area contributed by atoms with Crippen molar-refractivity contribution in [3.05, 3.63) is 82.4 Å². The number of esters is 1. The lowest BCUT2D eigenvalue weighted by Crippen LogP contribution is -2.40. The first-order chi connectivity index (χ1) is 13.1. The van der Waals surface area contributed by atoms with E-state index in [4.69, 9.17) is 16.3 Å². The van der Waals surface area contributed by atoms with Gasteiger partial charge < -0.3 is 9.84 Å². The summed E-state index contributed by atoms with van der Waals surface area (Å²) in [4.78, 5) is 12.8. The Morgan fingerprint density at radius 2 is 1.93 bits per heavy atom. The molecule has 1 aliphatic carbocycles. The molecule has 0 bridgehead atoms. The van der Waals surface area contributed by atoms with Crippen molar-refractivity contribution in [3.8, 4) is 0 Å². The van der Waals surface area contributed by atoms with Gasteiger partial charge in [0, 0.05) is 5.02 Å². The van der Waals surface area contributed by atoms with Crippen molar-refractivity contribution < 1.29 is 14.6 Å². The summed E-state index contributed by atoms with van der Waals surface area (Å²) in [5, 5.41) is 12.8. The second-order valence-corrected chi connectivity index (χ2v) is 7.63. The minimum Gasteiger partial charge on any atom is -0.461 e. The maximum Gasteiger partial charge on any atom is 0.338 e. The Morgan fingerprint density at radius 3 is 2.78 bits per heavy atom. The number of aryl methyl sites for hydroxylation is 1. The van der Waals surface area contributed by atoms with E-state index in [2.05, 4.69) is 0 Å². The molecular weight excluding hydrogens is 360 g/mol. The van der Waals surface area contributed by atoms with Crippen LogP contribution in [0.2, 0.25) is 5.02 Å². The number of carbonyl (C=O) groups excluding carboxylic acids is 1. The van der Waals surface area contributed by atoms with Gasteiger partial charge in [-0.2, -0.15) is 0 Å². The number of fused-ring (bicyclic) bond motifs is 2. The average Bonchev–Trinajstić information content (AvgIpc) is 2.71. The summed E-state index contributed by atoms with van der Waals surface area (Å²) in [6, 6.07) is 19.1.